The molecule has 0 spiro atoms. The Balaban J connectivity index is 1.88. The molecule has 1 fully saturated rings. The highest BCUT2D eigenvalue weighted by atomic mass is 32.1. The quantitative estimate of drug-likeness (QED) is 0.823. The van der Waals surface area contributed by atoms with Crippen LogP contribution in [0.15, 0.2) is 0 Å². The van der Waals surface area contributed by atoms with Crippen LogP contribution in [0.2, 0.25) is 0 Å². The number of ether oxygens (including phenoxy) is 1. The highest BCUT2D eigenvalue weighted by Crippen LogP contribution is 2.22. The second kappa shape index (κ2) is 6.81. The van der Waals surface area contributed by atoms with E-state index in [0.29, 0.717) is 6.61 Å². The lowest BCUT2D eigenvalue weighted by Crippen LogP contribution is -2.38. The second-order valence-corrected chi connectivity index (χ2v) is 5.64. The summed E-state index contributed by atoms with van der Waals surface area (Å²) in [6, 6.07) is 0. The number of carbonyl (C=O) groups excluding carboxylic acids is 1. The first-order chi connectivity index (χ1) is 9.22. The molecule has 0 bridgehead atoms. The molecule has 0 aromatic carbocycles. The minimum atomic E-state index is -0.0691. The van der Waals surface area contributed by atoms with Crippen LogP contribution in [0.5, 0.6) is 0 Å². The molecule has 0 radical (unpaired) electrons. The summed E-state index contributed by atoms with van der Waals surface area (Å²) < 4.78 is 5.10. The summed E-state index contributed by atoms with van der Waals surface area (Å²) in [4.78, 5) is 14.0. The van der Waals surface area contributed by atoms with E-state index in [9.17, 15) is 4.79 Å². The molecule has 106 valence electrons. The predicted octanol–water partition coefficient (Wildman–Crippen LogP) is 1.35. The number of nitrogens with zero attached hydrogens (tertiary/aromatic N) is 3. The van der Waals surface area contributed by atoms with Gasteiger partial charge in [-0.15, -0.1) is 10.2 Å². The molecule has 0 aliphatic carbocycles. The highest BCUT2D eigenvalue weighted by molar-refractivity contribution is 7.15. The van der Waals surface area contributed by atoms with Gasteiger partial charge in [0, 0.05) is 13.6 Å². The van der Waals surface area contributed by atoms with E-state index in [1.807, 2.05) is 14.0 Å². The van der Waals surface area contributed by atoms with E-state index in [1.54, 1.807) is 11.3 Å². The summed E-state index contributed by atoms with van der Waals surface area (Å²) in [5, 5.41) is 12.9. The molecular formula is C12H20N4O2S. The Bertz CT molecular complexity index is 424. The number of hydrogen-bond acceptors (Lipinski definition) is 7. The van der Waals surface area contributed by atoms with Crippen molar-refractivity contribution in [2.75, 3.05) is 32.1 Å². The van der Waals surface area contributed by atoms with E-state index >= 15 is 0 Å². The molecule has 19 heavy (non-hydrogen) atoms. The van der Waals surface area contributed by atoms with Crippen LogP contribution < -0.4 is 5.32 Å². The minimum absolute atomic E-state index is 0.00499. The van der Waals surface area contributed by atoms with Crippen molar-refractivity contribution in [1.82, 2.24) is 15.1 Å². The number of rotatable bonds is 5. The molecule has 2 rings (SSSR count). The highest BCUT2D eigenvalue weighted by Gasteiger charge is 2.27. The van der Waals surface area contributed by atoms with Gasteiger partial charge >= 0.3 is 5.97 Å². The number of aromatic nitrogens is 2. The lowest BCUT2D eigenvalue weighted by Gasteiger charge is -2.30. The Morgan fingerprint density at radius 3 is 3.11 bits per heavy atom. The van der Waals surface area contributed by atoms with Crippen LogP contribution in [0.3, 0.4) is 0 Å². The van der Waals surface area contributed by atoms with E-state index in [4.69, 9.17) is 4.74 Å². The smallest absolute Gasteiger partial charge is 0.310 e. The summed E-state index contributed by atoms with van der Waals surface area (Å²) in [5.74, 6) is -0.0641. The average molecular weight is 284 g/mol. The number of carbonyl (C=O) groups is 1. The summed E-state index contributed by atoms with van der Waals surface area (Å²) >= 11 is 1.56. The third kappa shape index (κ3) is 3.87. The van der Waals surface area contributed by atoms with Crippen molar-refractivity contribution >= 4 is 22.4 Å². The van der Waals surface area contributed by atoms with Crippen molar-refractivity contribution in [3.8, 4) is 0 Å². The molecule has 1 atom stereocenters. The largest absolute Gasteiger partial charge is 0.466 e. The fourth-order valence-electron chi connectivity index (χ4n) is 2.26. The molecule has 1 saturated heterocycles. The molecule has 1 aliphatic heterocycles. The average Bonchev–Trinajstić information content (AvgIpc) is 2.87. The molecule has 0 amide bonds. The lowest BCUT2D eigenvalue weighted by molar-refractivity contribution is -0.150. The van der Waals surface area contributed by atoms with Crippen molar-refractivity contribution in [2.45, 2.75) is 26.3 Å². The Kier molecular flexibility index (Phi) is 5.09. The normalized spacial score (nSPS) is 20.2. The predicted molar refractivity (Wildman–Crippen MR) is 74.1 cm³/mol. The maximum Gasteiger partial charge on any atom is 0.310 e. The van der Waals surface area contributed by atoms with Gasteiger partial charge in [-0.2, -0.15) is 0 Å². The van der Waals surface area contributed by atoms with Gasteiger partial charge in [0.15, 0.2) is 0 Å². The van der Waals surface area contributed by atoms with Gasteiger partial charge in [0.05, 0.1) is 19.1 Å². The zero-order valence-electron chi connectivity index (χ0n) is 11.4. The number of piperidine rings is 1. The molecule has 1 aromatic rings. The van der Waals surface area contributed by atoms with Gasteiger partial charge in [-0.1, -0.05) is 11.3 Å². The molecule has 1 aromatic heterocycles. The minimum Gasteiger partial charge on any atom is -0.466 e. The number of anilines is 1. The first-order valence-electron chi connectivity index (χ1n) is 6.62. The first-order valence-corrected chi connectivity index (χ1v) is 7.43. The second-order valence-electron chi connectivity index (χ2n) is 4.58. The summed E-state index contributed by atoms with van der Waals surface area (Å²) in [5.41, 5.74) is 0. The van der Waals surface area contributed by atoms with Gasteiger partial charge in [0.2, 0.25) is 5.13 Å². The van der Waals surface area contributed by atoms with Gasteiger partial charge in [-0.05, 0) is 26.3 Å². The van der Waals surface area contributed by atoms with E-state index in [2.05, 4.69) is 20.4 Å². The molecule has 0 saturated carbocycles. The van der Waals surface area contributed by atoms with E-state index < -0.39 is 0 Å². The van der Waals surface area contributed by atoms with E-state index in [1.165, 1.54) is 0 Å². The van der Waals surface area contributed by atoms with Crippen molar-refractivity contribution in [2.24, 2.45) is 5.92 Å². The molecule has 7 heteroatoms. The van der Waals surface area contributed by atoms with Crippen LogP contribution in [-0.2, 0) is 16.1 Å². The summed E-state index contributed by atoms with van der Waals surface area (Å²) in [6.45, 7) is 4.82. The van der Waals surface area contributed by atoms with Crippen molar-refractivity contribution in [1.29, 1.82) is 0 Å². The van der Waals surface area contributed by atoms with Crippen molar-refractivity contribution < 1.29 is 9.53 Å². The fourth-order valence-corrected chi connectivity index (χ4v) is 3.00. The lowest BCUT2D eigenvalue weighted by atomic mass is 9.98. The van der Waals surface area contributed by atoms with Crippen LogP contribution in [-0.4, -0.2) is 47.8 Å². The SMILES string of the molecule is CCOC(=O)C1CCCN(Cc2nnc(NC)s2)C1. The number of hydrogen-bond donors (Lipinski definition) is 1. The van der Waals surface area contributed by atoms with Crippen LogP contribution in [0.25, 0.3) is 0 Å². The van der Waals surface area contributed by atoms with Gasteiger partial charge in [-0.3, -0.25) is 9.69 Å². The van der Waals surface area contributed by atoms with E-state index in [-0.39, 0.29) is 11.9 Å². The summed E-state index contributed by atoms with van der Waals surface area (Å²) in [6.07, 6.45) is 1.95. The molecular weight excluding hydrogens is 264 g/mol. The van der Waals surface area contributed by atoms with Crippen molar-refractivity contribution in [3.05, 3.63) is 5.01 Å². The Morgan fingerprint density at radius 1 is 1.58 bits per heavy atom. The number of likely N-dealkylation sites (tertiary alicyclic amines) is 1. The monoisotopic (exact) mass is 284 g/mol. The van der Waals surface area contributed by atoms with E-state index in [0.717, 1.165) is 42.6 Å². The first kappa shape index (κ1) is 14.2. The standard InChI is InChI=1S/C12H20N4O2S/c1-3-18-11(17)9-5-4-6-16(7-9)8-10-14-15-12(13-2)19-10/h9H,3-8H2,1-2H3,(H,13,15). The zero-order valence-corrected chi connectivity index (χ0v) is 12.2. The number of esters is 1. The van der Waals surface area contributed by atoms with Crippen LogP contribution in [0, 0.1) is 5.92 Å². The maximum absolute atomic E-state index is 11.8. The van der Waals surface area contributed by atoms with Gasteiger partial charge < -0.3 is 10.1 Å². The summed E-state index contributed by atoms with van der Waals surface area (Å²) in [7, 11) is 1.84. The molecule has 1 aliphatic rings. The van der Waals surface area contributed by atoms with Crippen LogP contribution in [0.1, 0.15) is 24.8 Å². The van der Waals surface area contributed by atoms with Gasteiger partial charge in [0.1, 0.15) is 5.01 Å². The third-order valence-electron chi connectivity index (χ3n) is 3.17. The Hall–Kier alpha value is -1.21. The zero-order chi connectivity index (χ0) is 13.7. The van der Waals surface area contributed by atoms with Crippen LogP contribution in [0.4, 0.5) is 5.13 Å². The molecule has 2 heterocycles. The third-order valence-corrected chi connectivity index (χ3v) is 4.09. The molecule has 1 N–H and O–H groups in total. The van der Waals surface area contributed by atoms with Crippen LogP contribution >= 0.6 is 11.3 Å². The van der Waals surface area contributed by atoms with Gasteiger partial charge in [-0.25, -0.2) is 0 Å². The Labute approximate surface area is 117 Å². The topological polar surface area (TPSA) is 67.3 Å². The molecule has 6 nitrogen and oxygen atoms in total. The van der Waals surface area contributed by atoms with Crippen molar-refractivity contribution in [3.63, 3.8) is 0 Å². The fraction of sp³-hybridized carbons (Fsp3) is 0.750. The van der Waals surface area contributed by atoms with Gasteiger partial charge in [0.25, 0.3) is 0 Å². The Morgan fingerprint density at radius 2 is 2.42 bits per heavy atom. The molecule has 1 unspecified atom stereocenters. The maximum atomic E-state index is 11.8. The number of nitrogens with one attached hydrogen (secondary N) is 1.